The molecule has 1 unspecified atom stereocenters. The predicted molar refractivity (Wildman–Crippen MR) is 94.8 cm³/mol. The number of hydrogen-bond acceptors (Lipinski definition) is 4. The van der Waals surface area contributed by atoms with Gasteiger partial charge in [-0.05, 0) is 25.7 Å². The quantitative estimate of drug-likeness (QED) is 0.884. The molecular formula is C18H34FN3O. The average Bonchev–Trinajstić information content (AvgIpc) is 2.56. The number of aromatic nitrogens is 2. The molecule has 0 aromatic carbocycles. The number of nitrogens with two attached hydrogens (primary N) is 1. The minimum absolute atomic E-state index is 0.153. The number of nitrogens with zero attached hydrogens (tertiary/aromatic N) is 2. The summed E-state index contributed by atoms with van der Waals surface area (Å²) in [4.78, 5) is 18.2. The molecule has 0 bridgehead atoms. The summed E-state index contributed by atoms with van der Waals surface area (Å²) in [6.07, 6.45) is 4.03. The van der Waals surface area contributed by atoms with E-state index in [1.807, 2.05) is 20.8 Å². The Balaban J connectivity index is 0. The lowest BCUT2D eigenvalue weighted by Crippen LogP contribution is -2.20. The third kappa shape index (κ3) is 12.8. The number of Topliss-reactive ketones (excluding diaryl/α,β-unsaturated/α-hetero) is 1. The van der Waals surface area contributed by atoms with E-state index in [1.165, 1.54) is 12.6 Å². The zero-order valence-electron chi connectivity index (χ0n) is 15.8. The summed E-state index contributed by atoms with van der Waals surface area (Å²) < 4.78 is 12.6. The van der Waals surface area contributed by atoms with Crippen LogP contribution >= 0.6 is 0 Å². The van der Waals surface area contributed by atoms with Crippen LogP contribution in [0.15, 0.2) is 6.20 Å². The van der Waals surface area contributed by atoms with Crippen LogP contribution in [0.5, 0.6) is 0 Å². The highest BCUT2D eigenvalue weighted by molar-refractivity contribution is 5.82. The molecular weight excluding hydrogens is 293 g/mol. The van der Waals surface area contributed by atoms with Crippen LogP contribution in [0.1, 0.15) is 65.9 Å². The van der Waals surface area contributed by atoms with Gasteiger partial charge in [0.2, 0.25) is 0 Å². The van der Waals surface area contributed by atoms with Gasteiger partial charge in [0.15, 0.2) is 5.82 Å². The number of aryl methyl sites for hydroxylation is 2. The first kappa shape index (κ1) is 23.9. The molecule has 2 N–H and O–H groups in total. The van der Waals surface area contributed by atoms with Crippen LogP contribution in [-0.4, -0.2) is 22.3 Å². The van der Waals surface area contributed by atoms with Crippen molar-refractivity contribution >= 4 is 5.78 Å². The Kier molecular flexibility index (Phi) is 14.8. The molecule has 0 saturated heterocycles. The fraction of sp³-hybridized carbons (Fsp3) is 0.722. The highest BCUT2D eigenvalue weighted by Crippen LogP contribution is 2.02. The number of halogens is 1. The Labute approximate surface area is 141 Å². The van der Waals surface area contributed by atoms with Gasteiger partial charge < -0.3 is 5.73 Å². The van der Waals surface area contributed by atoms with E-state index in [0.29, 0.717) is 17.9 Å². The van der Waals surface area contributed by atoms with Crippen LogP contribution in [0.3, 0.4) is 0 Å². The van der Waals surface area contributed by atoms with Crippen molar-refractivity contribution < 1.29 is 9.18 Å². The van der Waals surface area contributed by atoms with Crippen molar-refractivity contribution in [1.29, 1.82) is 0 Å². The third-order valence-corrected chi connectivity index (χ3v) is 3.45. The van der Waals surface area contributed by atoms with E-state index in [1.54, 1.807) is 6.92 Å². The molecule has 1 atom stereocenters. The van der Waals surface area contributed by atoms with Crippen molar-refractivity contribution in [2.45, 2.75) is 67.7 Å². The second-order valence-electron chi connectivity index (χ2n) is 5.85. The lowest BCUT2D eigenvalue weighted by atomic mass is 10.0. The molecule has 0 fully saturated rings. The number of carbonyl (C=O) groups excluding carboxylic acids is 1. The molecule has 1 rings (SSSR count). The van der Waals surface area contributed by atoms with E-state index in [4.69, 9.17) is 5.73 Å². The van der Waals surface area contributed by atoms with Gasteiger partial charge in [-0.25, -0.2) is 14.4 Å². The Morgan fingerprint density at radius 2 is 1.74 bits per heavy atom. The average molecular weight is 327 g/mol. The van der Waals surface area contributed by atoms with E-state index < -0.39 is 0 Å². The topological polar surface area (TPSA) is 68.9 Å². The standard InChI is InChI=1S/C7H9FN2.C6H13NO.C5H12/c1-3-7-6(8)4-9-5(2)10-7;1-3-5(2)6(8)4-7;1-4-5(2)3/h4H,3H2,1-2H3;5H,3-4,7H2,1-2H3;5H,4H2,1-3H3. The number of ketones is 1. The zero-order chi connectivity index (χ0) is 18.4. The summed E-state index contributed by atoms with van der Waals surface area (Å²) in [6.45, 7) is 14.3. The van der Waals surface area contributed by atoms with E-state index in [-0.39, 0.29) is 24.1 Å². The monoisotopic (exact) mass is 327 g/mol. The summed E-state index contributed by atoms with van der Waals surface area (Å²) >= 11 is 0. The SMILES string of the molecule is CCC(C)C.CCC(C)C(=O)CN.CCc1nc(C)ncc1F. The maximum atomic E-state index is 12.6. The fourth-order valence-electron chi connectivity index (χ4n) is 1.18. The first-order chi connectivity index (χ1) is 10.7. The first-order valence-electron chi connectivity index (χ1n) is 8.43. The van der Waals surface area contributed by atoms with Crippen molar-refractivity contribution in [2.24, 2.45) is 17.6 Å². The van der Waals surface area contributed by atoms with Crippen molar-refractivity contribution in [3.63, 3.8) is 0 Å². The molecule has 1 aromatic rings. The molecule has 0 aliphatic rings. The Hall–Kier alpha value is -1.36. The third-order valence-electron chi connectivity index (χ3n) is 3.45. The first-order valence-corrected chi connectivity index (χ1v) is 8.43. The number of hydrogen-bond donors (Lipinski definition) is 1. The summed E-state index contributed by atoms with van der Waals surface area (Å²) in [5.41, 5.74) is 5.59. The molecule has 0 amide bonds. The molecule has 4 nitrogen and oxygen atoms in total. The molecule has 134 valence electrons. The minimum Gasteiger partial charge on any atom is -0.324 e. The molecule has 0 aliphatic heterocycles. The maximum absolute atomic E-state index is 12.6. The lowest BCUT2D eigenvalue weighted by Gasteiger charge is -2.01. The van der Waals surface area contributed by atoms with Gasteiger partial charge in [0.1, 0.15) is 11.6 Å². The number of rotatable bonds is 5. The minimum atomic E-state index is -0.312. The Bertz CT molecular complexity index is 436. The van der Waals surface area contributed by atoms with Crippen molar-refractivity contribution in [3.8, 4) is 0 Å². The van der Waals surface area contributed by atoms with Crippen molar-refractivity contribution in [1.82, 2.24) is 9.97 Å². The molecule has 23 heavy (non-hydrogen) atoms. The lowest BCUT2D eigenvalue weighted by molar-refractivity contribution is -0.121. The second kappa shape index (κ2) is 14.2. The van der Waals surface area contributed by atoms with Gasteiger partial charge in [0.05, 0.1) is 18.4 Å². The van der Waals surface area contributed by atoms with Gasteiger partial charge in [-0.15, -0.1) is 0 Å². The summed E-state index contributed by atoms with van der Waals surface area (Å²) in [5.74, 6) is 1.51. The van der Waals surface area contributed by atoms with Crippen molar-refractivity contribution in [2.75, 3.05) is 6.54 Å². The van der Waals surface area contributed by atoms with Gasteiger partial charge in [-0.2, -0.15) is 0 Å². The molecule has 0 saturated carbocycles. The molecule has 1 heterocycles. The highest BCUT2D eigenvalue weighted by atomic mass is 19.1. The molecule has 0 aliphatic carbocycles. The fourth-order valence-corrected chi connectivity index (χ4v) is 1.18. The zero-order valence-corrected chi connectivity index (χ0v) is 15.8. The summed E-state index contributed by atoms with van der Waals surface area (Å²) in [6, 6.07) is 0. The van der Waals surface area contributed by atoms with Crippen molar-refractivity contribution in [3.05, 3.63) is 23.5 Å². The smallest absolute Gasteiger partial charge is 0.162 e. The second-order valence-corrected chi connectivity index (χ2v) is 5.85. The Morgan fingerprint density at radius 3 is 2.00 bits per heavy atom. The van der Waals surface area contributed by atoms with Crippen LogP contribution in [0, 0.1) is 24.6 Å². The largest absolute Gasteiger partial charge is 0.324 e. The van der Waals surface area contributed by atoms with Gasteiger partial charge in [0, 0.05) is 5.92 Å². The van der Waals surface area contributed by atoms with Crippen LogP contribution in [-0.2, 0) is 11.2 Å². The van der Waals surface area contributed by atoms with Gasteiger partial charge in [0.25, 0.3) is 0 Å². The van der Waals surface area contributed by atoms with Gasteiger partial charge in [-0.3, -0.25) is 4.79 Å². The molecule has 0 spiro atoms. The Morgan fingerprint density at radius 1 is 1.22 bits per heavy atom. The summed E-state index contributed by atoms with van der Waals surface area (Å²) in [7, 11) is 0. The van der Waals surface area contributed by atoms with E-state index in [0.717, 1.165) is 12.3 Å². The van der Waals surface area contributed by atoms with Gasteiger partial charge in [-0.1, -0.05) is 48.0 Å². The maximum Gasteiger partial charge on any atom is 0.162 e. The van der Waals surface area contributed by atoms with E-state index in [2.05, 4.69) is 30.7 Å². The normalized spacial score (nSPS) is 11.0. The molecule has 1 aromatic heterocycles. The highest BCUT2D eigenvalue weighted by Gasteiger charge is 2.06. The van der Waals surface area contributed by atoms with Gasteiger partial charge >= 0.3 is 0 Å². The van der Waals surface area contributed by atoms with Crippen LogP contribution in [0.4, 0.5) is 4.39 Å². The van der Waals surface area contributed by atoms with Crippen LogP contribution in [0.25, 0.3) is 0 Å². The van der Waals surface area contributed by atoms with E-state index in [9.17, 15) is 9.18 Å². The molecule has 0 radical (unpaired) electrons. The molecule has 5 heteroatoms. The van der Waals surface area contributed by atoms with E-state index >= 15 is 0 Å². The van der Waals surface area contributed by atoms with Crippen LogP contribution in [0.2, 0.25) is 0 Å². The predicted octanol–water partition coefficient (Wildman–Crippen LogP) is 4.10. The van der Waals surface area contributed by atoms with Crippen LogP contribution < -0.4 is 5.73 Å². The summed E-state index contributed by atoms with van der Waals surface area (Å²) in [5, 5.41) is 0. The number of carbonyl (C=O) groups is 1.